The number of ether oxygens (including phenoxy) is 1. The number of amides is 1. The number of rotatable bonds is 5. The van der Waals surface area contributed by atoms with Crippen LogP contribution in [0.1, 0.15) is 42.0 Å². The summed E-state index contributed by atoms with van der Waals surface area (Å²) in [5.74, 6) is -2.14. The number of hydrogen-bond acceptors (Lipinski definition) is 4. The molecule has 2 aliphatic rings. The van der Waals surface area contributed by atoms with Crippen LogP contribution in [0.15, 0.2) is 66.8 Å². The van der Waals surface area contributed by atoms with Crippen LogP contribution in [0.25, 0.3) is 5.57 Å². The van der Waals surface area contributed by atoms with Gasteiger partial charge in [0.2, 0.25) is 0 Å². The molecule has 1 aliphatic carbocycles. The van der Waals surface area contributed by atoms with Crippen molar-refractivity contribution in [1.82, 2.24) is 4.90 Å². The molecule has 1 unspecified atom stereocenters. The second-order valence-corrected chi connectivity index (χ2v) is 8.13. The lowest BCUT2D eigenvalue weighted by molar-refractivity contribution is -0.159. The summed E-state index contributed by atoms with van der Waals surface area (Å²) < 4.78 is 20.2. The Labute approximate surface area is 191 Å². The normalized spacial score (nSPS) is 24.3. The van der Waals surface area contributed by atoms with Gasteiger partial charge in [0.05, 0.1) is 17.7 Å². The van der Waals surface area contributed by atoms with E-state index in [1.807, 2.05) is 18.2 Å². The molecule has 1 heterocycles. The van der Waals surface area contributed by atoms with E-state index in [-0.39, 0.29) is 12.8 Å². The Morgan fingerprint density at radius 3 is 2.55 bits per heavy atom. The van der Waals surface area contributed by atoms with E-state index in [9.17, 15) is 24.3 Å². The van der Waals surface area contributed by atoms with Crippen LogP contribution in [-0.2, 0) is 14.3 Å². The number of nitrogens with zero attached hydrogens (tertiary/aromatic N) is 2. The largest absolute Gasteiger partial charge is 0.480 e. The van der Waals surface area contributed by atoms with Crippen molar-refractivity contribution < 1.29 is 23.8 Å². The van der Waals surface area contributed by atoms with Gasteiger partial charge in [-0.25, -0.2) is 9.18 Å². The molecule has 0 saturated carbocycles. The average Bonchev–Trinajstić information content (AvgIpc) is 3.29. The van der Waals surface area contributed by atoms with Crippen LogP contribution in [0.4, 0.5) is 4.39 Å². The molecule has 1 saturated heterocycles. The number of methoxy groups -OCH3 is 1. The van der Waals surface area contributed by atoms with Crippen molar-refractivity contribution in [2.75, 3.05) is 7.11 Å². The first-order chi connectivity index (χ1) is 15.9. The average molecular weight is 446 g/mol. The van der Waals surface area contributed by atoms with Gasteiger partial charge in [-0.3, -0.25) is 4.79 Å². The number of carbonyl (C=O) groups excluding carboxylic acids is 1. The van der Waals surface area contributed by atoms with E-state index in [2.05, 4.69) is 6.07 Å². The fraction of sp³-hybridized carbons (Fsp3) is 0.269. The molecular formula is C26H23FN2O4. The standard InChI is InChI=1S/C26H23FN2O4/c1-33-26(14-12-17(13-15-26)19-7-3-2-6-18(19)16-28)25(32)29-22(10-11-23(29)24(30)31)20-8-4-5-9-21(20)27/h2-9,12-14,22-23H,10-11,15H2,1H3,(H,30,31)/t22-,23+,26?/m1/s1. The zero-order chi connectivity index (χ0) is 23.6. The minimum atomic E-state index is -1.42. The van der Waals surface area contributed by atoms with Crippen molar-refractivity contribution in [3.05, 3.63) is 89.3 Å². The molecule has 33 heavy (non-hydrogen) atoms. The number of hydrogen-bond donors (Lipinski definition) is 1. The molecule has 0 spiro atoms. The van der Waals surface area contributed by atoms with Crippen LogP contribution in [0.2, 0.25) is 0 Å². The van der Waals surface area contributed by atoms with E-state index in [0.717, 1.165) is 11.1 Å². The summed E-state index contributed by atoms with van der Waals surface area (Å²) in [7, 11) is 1.40. The van der Waals surface area contributed by atoms with Gasteiger partial charge >= 0.3 is 5.97 Å². The molecule has 1 N–H and O–H groups in total. The number of halogens is 1. The third-order valence-corrected chi connectivity index (χ3v) is 6.41. The summed E-state index contributed by atoms with van der Waals surface area (Å²) in [5.41, 5.74) is 0.887. The Hall–Kier alpha value is -3.76. The Bertz CT molecular complexity index is 1200. The van der Waals surface area contributed by atoms with Crippen molar-refractivity contribution in [3.8, 4) is 6.07 Å². The molecule has 4 rings (SSSR count). The molecule has 1 fully saturated rings. The zero-order valence-electron chi connectivity index (χ0n) is 18.1. The predicted octanol–water partition coefficient (Wildman–Crippen LogP) is 4.24. The van der Waals surface area contributed by atoms with Crippen LogP contribution in [-0.4, -0.2) is 40.6 Å². The van der Waals surface area contributed by atoms with Gasteiger partial charge < -0.3 is 14.7 Å². The smallest absolute Gasteiger partial charge is 0.326 e. The first-order valence-corrected chi connectivity index (χ1v) is 10.7. The van der Waals surface area contributed by atoms with E-state index in [1.54, 1.807) is 42.5 Å². The lowest BCUT2D eigenvalue weighted by Gasteiger charge is -2.38. The maximum absolute atomic E-state index is 14.6. The van der Waals surface area contributed by atoms with Crippen LogP contribution in [0.3, 0.4) is 0 Å². The van der Waals surface area contributed by atoms with E-state index in [0.29, 0.717) is 17.5 Å². The fourth-order valence-electron chi connectivity index (χ4n) is 4.66. The molecule has 6 nitrogen and oxygen atoms in total. The number of aliphatic carboxylic acids is 1. The molecule has 3 atom stereocenters. The van der Waals surface area contributed by atoms with Gasteiger partial charge in [-0.2, -0.15) is 5.26 Å². The monoisotopic (exact) mass is 446 g/mol. The number of carbonyl (C=O) groups is 2. The summed E-state index contributed by atoms with van der Waals surface area (Å²) in [4.78, 5) is 27.0. The molecule has 168 valence electrons. The topological polar surface area (TPSA) is 90.6 Å². The van der Waals surface area contributed by atoms with Crippen molar-refractivity contribution in [2.24, 2.45) is 0 Å². The highest BCUT2D eigenvalue weighted by atomic mass is 19.1. The molecule has 0 bridgehead atoms. The van der Waals surface area contributed by atoms with Gasteiger partial charge in [0.25, 0.3) is 5.91 Å². The van der Waals surface area contributed by atoms with Gasteiger partial charge in [0, 0.05) is 19.1 Å². The minimum absolute atomic E-state index is 0.154. The summed E-state index contributed by atoms with van der Waals surface area (Å²) in [6.07, 6.45) is 5.84. The predicted molar refractivity (Wildman–Crippen MR) is 119 cm³/mol. The van der Waals surface area contributed by atoms with Crippen molar-refractivity contribution in [3.63, 3.8) is 0 Å². The Balaban J connectivity index is 1.69. The third-order valence-electron chi connectivity index (χ3n) is 6.41. The Kier molecular flexibility index (Phi) is 6.12. The number of nitriles is 1. The summed E-state index contributed by atoms with van der Waals surface area (Å²) >= 11 is 0. The van der Waals surface area contributed by atoms with Crippen molar-refractivity contribution in [2.45, 2.75) is 36.9 Å². The molecule has 2 aromatic carbocycles. The van der Waals surface area contributed by atoms with Gasteiger partial charge in [0.1, 0.15) is 11.9 Å². The lowest BCUT2D eigenvalue weighted by atomic mass is 9.86. The Morgan fingerprint density at radius 1 is 1.18 bits per heavy atom. The molecule has 1 amide bonds. The first kappa shape index (κ1) is 22.4. The van der Waals surface area contributed by atoms with Gasteiger partial charge in [0.15, 0.2) is 5.60 Å². The van der Waals surface area contributed by atoms with Crippen LogP contribution >= 0.6 is 0 Å². The Morgan fingerprint density at radius 2 is 1.91 bits per heavy atom. The molecule has 1 aliphatic heterocycles. The maximum Gasteiger partial charge on any atom is 0.326 e. The van der Waals surface area contributed by atoms with Gasteiger partial charge in [-0.05, 0) is 42.2 Å². The lowest BCUT2D eigenvalue weighted by Crippen LogP contribution is -2.53. The quantitative estimate of drug-likeness (QED) is 0.742. The molecule has 7 heteroatoms. The highest BCUT2D eigenvalue weighted by molar-refractivity contribution is 5.94. The van der Waals surface area contributed by atoms with E-state index in [4.69, 9.17) is 4.74 Å². The summed E-state index contributed by atoms with van der Waals surface area (Å²) in [6, 6.07) is 13.6. The zero-order valence-corrected chi connectivity index (χ0v) is 18.1. The van der Waals surface area contributed by atoms with Gasteiger partial charge in [-0.1, -0.05) is 48.6 Å². The fourth-order valence-corrected chi connectivity index (χ4v) is 4.66. The van der Waals surface area contributed by atoms with Crippen LogP contribution in [0.5, 0.6) is 0 Å². The SMILES string of the molecule is COC1(C(=O)N2[C@@H](c3ccccc3F)CC[C@H]2C(=O)O)C=CC(c2ccccc2C#N)=CC1. The molecular weight excluding hydrogens is 423 g/mol. The number of benzene rings is 2. The number of allylic oxidation sites excluding steroid dienone is 2. The van der Waals surface area contributed by atoms with E-state index in [1.165, 1.54) is 18.1 Å². The highest BCUT2D eigenvalue weighted by Crippen LogP contribution is 2.41. The molecule has 0 aromatic heterocycles. The van der Waals surface area contributed by atoms with E-state index < -0.39 is 35.4 Å². The number of likely N-dealkylation sites (tertiary alicyclic amines) is 1. The second kappa shape index (κ2) is 9.00. The summed E-state index contributed by atoms with van der Waals surface area (Å²) in [5, 5.41) is 19.2. The summed E-state index contributed by atoms with van der Waals surface area (Å²) in [6.45, 7) is 0. The van der Waals surface area contributed by atoms with Gasteiger partial charge in [-0.15, -0.1) is 0 Å². The minimum Gasteiger partial charge on any atom is -0.480 e. The second-order valence-electron chi connectivity index (χ2n) is 8.13. The first-order valence-electron chi connectivity index (χ1n) is 10.7. The van der Waals surface area contributed by atoms with E-state index >= 15 is 0 Å². The number of carboxylic acids is 1. The highest BCUT2D eigenvalue weighted by Gasteiger charge is 2.49. The van der Waals surface area contributed by atoms with Crippen LogP contribution in [0, 0.1) is 17.1 Å². The number of carboxylic acid groups (broad SMARTS) is 1. The molecule has 2 aromatic rings. The third kappa shape index (κ3) is 3.94. The van der Waals surface area contributed by atoms with Crippen molar-refractivity contribution >= 4 is 17.4 Å². The van der Waals surface area contributed by atoms with Crippen molar-refractivity contribution in [1.29, 1.82) is 5.26 Å². The molecule has 0 radical (unpaired) electrons. The maximum atomic E-state index is 14.6. The van der Waals surface area contributed by atoms with Crippen LogP contribution < -0.4 is 0 Å².